The summed E-state index contributed by atoms with van der Waals surface area (Å²) >= 11 is 1.59. The Morgan fingerprint density at radius 3 is 2.39 bits per heavy atom. The third-order valence-electron chi connectivity index (χ3n) is 6.11. The molecule has 1 aliphatic rings. The molecule has 176 valence electrons. The minimum absolute atomic E-state index is 0.189. The normalized spacial score (nSPS) is 15.5. The average molecular weight is 470 g/mol. The van der Waals surface area contributed by atoms with Gasteiger partial charge in [0.05, 0.1) is 20.3 Å². The highest BCUT2D eigenvalue weighted by Gasteiger charge is 2.32. The third-order valence-corrected chi connectivity index (χ3v) is 7.05. The number of pyridine rings is 1. The highest BCUT2D eigenvalue weighted by Crippen LogP contribution is 2.39. The van der Waals surface area contributed by atoms with Gasteiger partial charge in [-0.05, 0) is 68.3 Å². The van der Waals surface area contributed by atoms with E-state index < -0.39 is 0 Å². The van der Waals surface area contributed by atoms with E-state index in [0.29, 0.717) is 29.2 Å². The number of rotatable bonds is 10. The summed E-state index contributed by atoms with van der Waals surface area (Å²) in [6.45, 7) is 4.18. The number of nitrogens with one attached hydrogen (secondary N) is 1. The lowest BCUT2D eigenvalue weighted by Gasteiger charge is -2.35. The van der Waals surface area contributed by atoms with Crippen LogP contribution in [-0.4, -0.2) is 52.4 Å². The smallest absolute Gasteiger partial charge is 0.239 e. The van der Waals surface area contributed by atoms with E-state index in [1.807, 2.05) is 42.0 Å². The van der Waals surface area contributed by atoms with Crippen LogP contribution in [0.3, 0.4) is 0 Å². The quantitative estimate of drug-likeness (QED) is 0.419. The van der Waals surface area contributed by atoms with Crippen LogP contribution in [0.1, 0.15) is 31.7 Å². The van der Waals surface area contributed by atoms with Crippen LogP contribution in [0.25, 0.3) is 17.1 Å². The zero-order valence-electron chi connectivity index (χ0n) is 19.7. The summed E-state index contributed by atoms with van der Waals surface area (Å²) in [5.74, 6) is 3.14. The van der Waals surface area contributed by atoms with Crippen LogP contribution >= 0.6 is 11.9 Å². The maximum absolute atomic E-state index is 5.83. The third kappa shape index (κ3) is 4.79. The Balaban J connectivity index is 1.74. The fraction of sp³-hybridized carbons (Fsp3) is 0.458. The molecule has 1 N–H and O–H groups in total. The second kappa shape index (κ2) is 10.4. The summed E-state index contributed by atoms with van der Waals surface area (Å²) in [7, 11) is 5.08. The van der Waals surface area contributed by atoms with Gasteiger partial charge in [-0.1, -0.05) is 12.5 Å². The number of aromatic nitrogens is 4. The molecule has 8 nitrogen and oxygen atoms in total. The van der Waals surface area contributed by atoms with E-state index >= 15 is 0 Å². The summed E-state index contributed by atoms with van der Waals surface area (Å²) < 4.78 is 22.6. The number of para-hydroxylation sites is 1. The van der Waals surface area contributed by atoms with Crippen molar-refractivity contribution in [2.75, 3.05) is 26.1 Å². The maximum atomic E-state index is 5.83. The fourth-order valence-electron chi connectivity index (χ4n) is 4.23. The van der Waals surface area contributed by atoms with Crippen molar-refractivity contribution in [2.45, 2.75) is 44.5 Å². The highest BCUT2D eigenvalue weighted by atomic mass is 32.2. The molecule has 3 aromatic rings. The number of hydrogen-bond donors (Lipinski definition) is 1. The standard InChI is InChI=1S/C24H31N5O3S/c1-15-12-18(14-25-13-15)23-26-27-24(28-33-16(2)22(32-5)17-8-6-9-17)29(23)21-19(30-3)10-7-11-20(21)31-4/h7,10-14,16-17,22H,6,8-9H2,1-5H3,(H,27,28). The van der Waals surface area contributed by atoms with Crippen molar-refractivity contribution in [3.05, 3.63) is 42.2 Å². The highest BCUT2D eigenvalue weighted by molar-refractivity contribution is 8.01. The first-order valence-corrected chi connectivity index (χ1v) is 12.0. The van der Waals surface area contributed by atoms with Crippen LogP contribution < -0.4 is 14.2 Å². The van der Waals surface area contributed by atoms with E-state index in [1.165, 1.54) is 19.3 Å². The molecule has 9 heteroatoms. The van der Waals surface area contributed by atoms with Gasteiger partial charge in [-0.25, -0.2) is 0 Å². The van der Waals surface area contributed by atoms with Crippen LogP contribution in [-0.2, 0) is 4.74 Å². The molecule has 1 aromatic carbocycles. The summed E-state index contributed by atoms with van der Waals surface area (Å²) in [6.07, 6.45) is 7.52. The fourth-order valence-corrected chi connectivity index (χ4v) is 5.12. The first-order chi connectivity index (χ1) is 16.1. The second-order valence-electron chi connectivity index (χ2n) is 8.26. The number of anilines is 1. The molecule has 33 heavy (non-hydrogen) atoms. The summed E-state index contributed by atoms with van der Waals surface area (Å²) in [4.78, 5) is 4.35. The first kappa shape index (κ1) is 23.4. The lowest BCUT2D eigenvalue weighted by atomic mass is 9.80. The Kier molecular flexibility index (Phi) is 7.39. The molecule has 0 saturated heterocycles. The van der Waals surface area contributed by atoms with Gasteiger partial charge in [-0.15, -0.1) is 10.2 Å². The molecule has 2 atom stereocenters. The SMILES string of the molecule is COc1cccc(OC)c1-n1c(NSC(C)C(OC)C2CCC2)nnc1-c1cncc(C)c1. The summed E-state index contributed by atoms with van der Waals surface area (Å²) in [5.41, 5.74) is 2.61. The van der Waals surface area contributed by atoms with Crippen molar-refractivity contribution >= 4 is 17.9 Å². The molecule has 0 aliphatic heterocycles. The molecular formula is C24H31N5O3S. The van der Waals surface area contributed by atoms with Crippen molar-refractivity contribution in [1.82, 2.24) is 19.7 Å². The van der Waals surface area contributed by atoms with Crippen LogP contribution in [0, 0.1) is 12.8 Å². The van der Waals surface area contributed by atoms with E-state index in [0.717, 1.165) is 16.8 Å². The van der Waals surface area contributed by atoms with Crippen LogP contribution in [0.2, 0.25) is 0 Å². The number of benzene rings is 1. The minimum atomic E-state index is 0.189. The molecule has 0 radical (unpaired) electrons. The van der Waals surface area contributed by atoms with Gasteiger partial charge in [0, 0.05) is 30.3 Å². The van der Waals surface area contributed by atoms with Gasteiger partial charge < -0.3 is 14.2 Å². The van der Waals surface area contributed by atoms with Gasteiger partial charge in [0.15, 0.2) is 5.82 Å². The van der Waals surface area contributed by atoms with E-state index in [9.17, 15) is 0 Å². The largest absolute Gasteiger partial charge is 0.494 e. The van der Waals surface area contributed by atoms with Gasteiger partial charge in [-0.2, -0.15) is 0 Å². The molecule has 1 saturated carbocycles. The second-order valence-corrected chi connectivity index (χ2v) is 9.44. The van der Waals surface area contributed by atoms with Crippen molar-refractivity contribution < 1.29 is 14.2 Å². The Morgan fingerprint density at radius 2 is 1.82 bits per heavy atom. The predicted octanol–water partition coefficient (Wildman–Crippen LogP) is 4.92. The molecule has 2 heterocycles. The minimum Gasteiger partial charge on any atom is -0.494 e. The van der Waals surface area contributed by atoms with E-state index in [4.69, 9.17) is 14.2 Å². The Hall–Kier alpha value is -2.78. The molecule has 0 amide bonds. The van der Waals surface area contributed by atoms with Crippen LogP contribution in [0.5, 0.6) is 11.5 Å². The van der Waals surface area contributed by atoms with Crippen LogP contribution in [0.4, 0.5) is 5.95 Å². The monoisotopic (exact) mass is 469 g/mol. The van der Waals surface area contributed by atoms with Crippen molar-refractivity contribution in [3.8, 4) is 28.6 Å². The molecule has 2 unspecified atom stereocenters. The number of ether oxygens (including phenoxy) is 3. The van der Waals surface area contributed by atoms with E-state index in [2.05, 4.69) is 26.8 Å². The number of nitrogens with zero attached hydrogens (tertiary/aromatic N) is 4. The van der Waals surface area contributed by atoms with E-state index in [-0.39, 0.29) is 11.4 Å². The zero-order chi connectivity index (χ0) is 23.4. The zero-order valence-corrected chi connectivity index (χ0v) is 20.6. The molecule has 4 rings (SSSR count). The van der Waals surface area contributed by atoms with Crippen LogP contribution in [0.15, 0.2) is 36.7 Å². The van der Waals surface area contributed by atoms with Gasteiger partial charge in [0.2, 0.25) is 5.95 Å². The van der Waals surface area contributed by atoms with Crippen molar-refractivity contribution in [1.29, 1.82) is 0 Å². The average Bonchev–Trinajstić information content (AvgIpc) is 3.22. The molecule has 1 fully saturated rings. The lowest BCUT2D eigenvalue weighted by molar-refractivity contribution is 0.0211. The maximum Gasteiger partial charge on any atom is 0.239 e. The molecule has 2 aromatic heterocycles. The lowest BCUT2D eigenvalue weighted by Crippen LogP contribution is -2.36. The molecule has 1 aliphatic carbocycles. The summed E-state index contributed by atoms with van der Waals surface area (Å²) in [5, 5.41) is 9.23. The van der Waals surface area contributed by atoms with E-state index in [1.54, 1.807) is 39.5 Å². The Morgan fingerprint density at radius 1 is 1.09 bits per heavy atom. The van der Waals surface area contributed by atoms with Crippen molar-refractivity contribution in [2.24, 2.45) is 5.92 Å². The Labute approximate surface area is 199 Å². The first-order valence-electron chi connectivity index (χ1n) is 11.1. The number of methoxy groups -OCH3 is 3. The molecule has 0 bridgehead atoms. The topological polar surface area (TPSA) is 83.3 Å². The van der Waals surface area contributed by atoms with Crippen molar-refractivity contribution in [3.63, 3.8) is 0 Å². The molecule has 0 spiro atoms. The molecular weight excluding hydrogens is 438 g/mol. The van der Waals surface area contributed by atoms with Gasteiger partial charge >= 0.3 is 0 Å². The van der Waals surface area contributed by atoms with Gasteiger partial charge in [0.25, 0.3) is 0 Å². The predicted molar refractivity (Wildman–Crippen MR) is 131 cm³/mol. The van der Waals surface area contributed by atoms with Gasteiger partial charge in [-0.3, -0.25) is 14.3 Å². The summed E-state index contributed by atoms with van der Waals surface area (Å²) in [6, 6.07) is 7.72. The number of hydrogen-bond acceptors (Lipinski definition) is 8. The van der Waals surface area contributed by atoms with Gasteiger partial charge in [0.1, 0.15) is 17.2 Å². The Bertz CT molecular complexity index is 1060. The number of aryl methyl sites for hydroxylation is 1.